The summed E-state index contributed by atoms with van der Waals surface area (Å²) in [7, 11) is 1.70. The van der Waals surface area contributed by atoms with Crippen LogP contribution in [0.2, 0.25) is 0 Å². The van der Waals surface area contributed by atoms with Crippen LogP contribution in [0.5, 0.6) is 0 Å². The van der Waals surface area contributed by atoms with Crippen molar-refractivity contribution >= 4 is 17.5 Å². The predicted molar refractivity (Wildman–Crippen MR) is 128 cm³/mol. The molecule has 1 amide bonds. The molecule has 0 radical (unpaired) electrons. The third-order valence-corrected chi connectivity index (χ3v) is 6.17. The van der Waals surface area contributed by atoms with E-state index in [2.05, 4.69) is 25.5 Å². The zero-order valence-electron chi connectivity index (χ0n) is 18.6. The molecule has 1 atom stereocenters. The molecule has 33 heavy (non-hydrogen) atoms. The average molecular weight is 442 g/mol. The number of nitrogens with one attached hydrogen (secondary N) is 2. The summed E-state index contributed by atoms with van der Waals surface area (Å²) in [5, 5.41) is 6.32. The first kappa shape index (κ1) is 21.1. The lowest BCUT2D eigenvalue weighted by atomic mass is 9.98. The van der Waals surface area contributed by atoms with E-state index in [-0.39, 0.29) is 18.0 Å². The Hall–Kier alpha value is -3.78. The van der Waals surface area contributed by atoms with Gasteiger partial charge >= 0.3 is 0 Å². The maximum atomic E-state index is 12.6. The number of benzene rings is 1. The first-order chi connectivity index (χ1) is 16.2. The molecule has 0 spiro atoms. The van der Waals surface area contributed by atoms with Gasteiger partial charge in [0.05, 0.1) is 17.6 Å². The summed E-state index contributed by atoms with van der Waals surface area (Å²) in [5.41, 5.74) is 3.67. The third-order valence-electron chi connectivity index (χ3n) is 6.17. The summed E-state index contributed by atoms with van der Waals surface area (Å²) < 4.78 is 2.02. The molecule has 1 aromatic carbocycles. The molecule has 0 bridgehead atoms. The van der Waals surface area contributed by atoms with Gasteiger partial charge in [-0.05, 0) is 36.6 Å². The van der Waals surface area contributed by atoms with Crippen LogP contribution in [-0.4, -0.2) is 56.3 Å². The lowest BCUT2D eigenvalue weighted by Crippen LogP contribution is -2.46. The third kappa shape index (κ3) is 4.42. The lowest BCUT2D eigenvalue weighted by Gasteiger charge is -2.37. The highest BCUT2D eigenvalue weighted by molar-refractivity contribution is 5.83. The SMILES string of the molecule is CNC(=O)C(c1ccccc1)N1CCC(Nc2nccc(-c3cnc4ccccn34)n2)CC1. The lowest BCUT2D eigenvalue weighted by molar-refractivity contribution is -0.126. The molecular formula is C25H27N7O. The second-order valence-electron chi connectivity index (χ2n) is 8.22. The van der Waals surface area contributed by atoms with Crippen LogP contribution in [0.15, 0.2) is 73.2 Å². The van der Waals surface area contributed by atoms with Crippen LogP contribution in [0.1, 0.15) is 24.4 Å². The number of nitrogens with zero attached hydrogens (tertiary/aromatic N) is 5. The Balaban J connectivity index is 1.27. The van der Waals surface area contributed by atoms with E-state index in [1.54, 1.807) is 13.2 Å². The number of imidazole rings is 1. The van der Waals surface area contributed by atoms with E-state index in [4.69, 9.17) is 4.98 Å². The van der Waals surface area contributed by atoms with E-state index in [9.17, 15) is 4.79 Å². The largest absolute Gasteiger partial charge is 0.358 e. The minimum Gasteiger partial charge on any atom is -0.358 e. The van der Waals surface area contributed by atoms with Gasteiger partial charge in [0, 0.05) is 38.6 Å². The normalized spacial score (nSPS) is 15.9. The fraction of sp³-hybridized carbons (Fsp3) is 0.280. The summed E-state index contributed by atoms with van der Waals surface area (Å²) in [5.74, 6) is 0.638. The number of fused-ring (bicyclic) bond motifs is 1. The molecule has 1 saturated heterocycles. The van der Waals surface area contributed by atoms with Gasteiger partial charge in [-0.1, -0.05) is 36.4 Å². The van der Waals surface area contributed by atoms with Crippen LogP contribution in [0.3, 0.4) is 0 Å². The number of rotatable bonds is 6. The summed E-state index contributed by atoms with van der Waals surface area (Å²) >= 11 is 0. The number of amides is 1. The van der Waals surface area contributed by atoms with Gasteiger partial charge in [0.1, 0.15) is 11.7 Å². The number of hydrogen-bond donors (Lipinski definition) is 2. The Morgan fingerprint density at radius 1 is 1.03 bits per heavy atom. The highest BCUT2D eigenvalue weighted by atomic mass is 16.2. The first-order valence-electron chi connectivity index (χ1n) is 11.3. The van der Waals surface area contributed by atoms with Crippen molar-refractivity contribution in [2.75, 3.05) is 25.5 Å². The maximum Gasteiger partial charge on any atom is 0.241 e. The second-order valence-corrected chi connectivity index (χ2v) is 8.22. The highest BCUT2D eigenvalue weighted by Crippen LogP contribution is 2.26. The van der Waals surface area contributed by atoms with Crippen LogP contribution in [-0.2, 0) is 4.79 Å². The number of carbonyl (C=O) groups excluding carboxylic acids is 1. The van der Waals surface area contributed by atoms with Crippen molar-refractivity contribution in [2.45, 2.75) is 24.9 Å². The summed E-state index contributed by atoms with van der Waals surface area (Å²) in [6.45, 7) is 1.63. The smallest absolute Gasteiger partial charge is 0.241 e. The molecule has 8 heteroatoms. The Morgan fingerprint density at radius 2 is 1.82 bits per heavy atom. The van der Waals surface area contributed by atoms with Crippen LogP contribution >= 0.6 is 0 Å². The van der Waals surface area contributed by atoms with Gasteiger partial charge in [-0.25, -0.2) is 15.0 Å². The van der Waals surface area contributed by atoms with Crippen molar-refractivity contribution < 1.29 is 4.79 Å². The van der Waals surface area contributed by atoms with Gasteiger partial charge in [-0.3, -0.25) is 14.1 Å². The van der Waals surface area contributed by atoms with Crippen LogP contribution in [0.25, 0.3) is 17.0 Å². The number of piperidine rings is 1. The summed E-state index contributed by atoms with van der Waals surface area (Å²) in [4.78, 5) is 28.5. The summed E-state index contributed by atoms with van der Waals surface area (Å²) in [6.07, 6.45) is 7.41. The molecule has 4 heterocycles. The number of aromatic nitrogens is 4. The second kappa shape index (κ2) is 9.38. The highest BCUT2D eigenvalue weighted by Gasteiger charge is 2.30. The molecule has 8 nitrogen and oxygen atoms in total. The van der Waals surface area contributed by atoms with E-state index >= 15 is 0 Å². The standard InChI is InChI=1S/C25H27N7O/c1-26-24(33)23(18-7-3-2-4-8-18)31-15-11-19(12-16-31)29-25-27-13-10-20(30-25)21-17-28-22-9-5-6-14-32(21)22/h2-10,13-14,17,19,23H,11-12,15-16H2,1H3,(H,26,33)(H,27,29,30). The van der Waals surface area contributed by atoms with E-state index in [0.29, 0.717) is 5.95 Å². The van der Waals surface area contributed by atoms with E-state index in [1.165, 1.54) is 0 Å². The molecule has 1 aliphatic heterocycles. The number of likely N-dealkylation sites (N-methyl/N-ethyl adjacent to an activating group) is 1. The molecule has 1 fully saturated rings. The van der Waals surface area contributed by atoms with Crippen molar-refractivity contribution in [2.24, 2.45) is 0 Å². The van der Waals surface area contributed by atoms with Gasteiger partial charge in [0.25, 0.3) is 0 Å². The van der Waals surface area contributed by atoms with E-state index in [0.717, 1.165) is 48.5 Å². The molecule has 168 valence electrons. The minimum atomic E-state index is -0.271. The van der Waals surface area contributed by atoms with E-state index in [1.807, 2.05) is 71.4 Å². The Labute approximate surface area is 192 Å². The van der Waals surface area contributed by atoms with Gasteiger partial charge in [0.15, 0.2) is 0 Å². The number of pyridine rings is 1. The van der Waals surface area contributed by atoms with E-state index < -0.39 is 0 Å². The van der Waals surface area contributed by atoms with Gasteiger partial charge in [-0.15, -0.1) is 0 Å². The number of hydrogen-bond acceptors (Lipinski definition) is 6. The first-order valence-corrected chi connectivity index (χ1v) is 11.3. The zero-order valence-corrected chi connectivity index (χ0v) is 18.6. The van der Waals surface area contributed by atoms with Crippen molar-refractivity contribution in [3.05, 3.63) is 78.8 Å². The Bertz CT molecular complexity index is 1230. The van der Waals surface area contributed by atoms with Crippen LogP contribution in [0, 0.1) is 0 Å². The minimum absolute atomic E-state index is 0.0247. The Morgan fingerprint density at radius 3 is 2.61 bits per heavy atom. The van der Waals surface area contributed by atoms with Crippen molar-refractivity contribution in [1.82, 2.24) is 29.6 Å². The molecule has 3 aromatic heterocycles. The molecule has 1 aliphatic rings. The molecule has 5 rings (SSSR count). The molecular weight excluding hydrogens is 414 g/mol. The quantitative estimate of drug-likeness (QED) is 0.478. The van der Waals surface area contributed by atoms with Crippen LogP contribution < -0.4 is 10.6 Å². The van der Waals surface area contributed by atoms with Gasteiger partial charge in [-0.2, -0.15) is 0 Å². The molecule has 2 N–H and O–H groups in total. The van der Waals surface area contributed by atoms with Crippen molar-refractivity contribution in [3.8, 4) is 11.4 Å². The zero-order chi connectivity index (χ0) is 22.6. The molecule has 0 saturated carbocycles. The summed E-state index contributed by atoms with van der Waals surface area (Å²) in [6, 6.07) is 17.8. The van der Waals surface area contributed by atoms with Crippen molar-refractivity contribution in [3.63, 3.8) is 0 Å². The molecule has 0 aliphatic carbocycles. The monoisotopic (exact) mass is 441 g/mol. The van der Waals surface area contributed by atoms with Crippen LogP contribution in [0.4, 0.5) is 5.95 Å². The maximum absolute atomic E-state index is 12.6. The Kier molecular flexibility index (Phi) is 5.99. The van der Waals surface area contributed by atoms with Crippen molar-refractivity contribution in [1.29, 1.82) is 0 Å². The van der Waals surface area contributed by atoms with Gasteiger partial charge < -0.3 is 10.6 Å². The fourth-order valence-electron chi connectivity index (χ4n) is 4.48. The average Bonchev–Trinajstić information content (AvgIpc) is 3.30. The predicted octanol–water partition coefficient (Wildman–Crippen LogP) is 3.15. The molecule has 4 aromatic rings. The number of anilines is 1. The number of likely N-dealkylation sites (tertiary alicyclic amines) is 1. The van der Waals surface area contributed by atoms with Gasteiger partial charge in [0.2, 0.25) is 11.9 Å². The number of carbonyl (C=O) groups is 1. The molecule has 1 unspecified atom stereocenters. The topological polar surface area (TPSA) is 87.5 Å². The fourth-order valence-corrected chi connectivity index (χ4v) is 4.48.